The van der Waals surface area contributed by atoms with Crippen LogP contribution in [0.25, 0.3) is 32.0 Å². The molecule has 0 radical (unpaired) electrons. The Bertz CT molecular complexity index is 1180. The average molecular weight is 358 g/mol. The lowest BCUT2D eigenvalue weighted by Crippen LogP contribution is -2.18. The Kier molecular flexibility index (Phi) is 3.47. The van der Waals surface area contributed by atoms with Gasteiger partial charge in [0.05, 0.1) is 21.3 Å². The Morgan fingerprint density at radius 3 is 2.19 bits per heavy atom. The minimum absolute atomic E-state index is 0.0531. The molecule has 126 valence electrons. The summed E-state index contributed by atoms with van der Waals surface area (Å²) < 4.78 is 8.49. The average Bonchev–Trinajstić information content (AvgIpc) is 3.25. The van der Waals surface area contributed by atoms with Crippen LogP contribution in [-0.4, -0.2) is 22.1 Å². The van der Waals surface area contributed by atoms with Gasteiger partial charge >= 0.3 is 0 Å². The quantitative estimate of drug-likeness (QED) is 0.449. The van der Waals surface area contributed by atoms with Crippen molar-refractivity contribution in [1.82, 2.24) is 9.55 Å². The van der Waals surface area contributed by atoms with Crippen molar-refractivity contribution >= 4 is 49.3 Å². The molecular formula is C21H14N2O2S. The highest BCUT2D eigenvalue weighted by atomic mass is 32.1. The molecule has 0 aliphatic carbocycles. The van der Waals surface area contributed by atoms with Crippen LogP contribution in [0.4, 0.5) is 0 Å². The van der Waals surface area contributed by atoms with E-state index in [1.165, 1.54) is 11.3 Å². The highest BCUT2D eigenvalue weighted by molar-refractivity contribution is 7.20. The molecule has 0 spiro atoms. The summed E-state index contributed by atoms with van der Waals surface area (Å²) in [5, 5.41) is 2.65. The van der Waals surface area contributed by atoms with Crippen molar-refractivity contribution in [2.75, 3.05) is 6.61 Å². The van der Waals surface area contributed by atoms with Gasteiger partial charge in [-0.25, -0.2) is 4.98 Å². The molecule has 0 saturated heterocycles. The fourth-order valence-corrected chi connectivity index (χ4v) is 4.11. The second-order valence-corrected chi connectivity index (χ2v) is 6.99. The molecule has 0 atom stereocenters. The summed E-state index contributed by atoms with van der Waals surface area (Å²) in [5.41, 5.74) is 2.68. The molecule has 2 aromatic heterocycles. The van der Waals surface area contributed by atoms with Crippen LogP contribution in [-0.2, 0) is 0 Å². The largest absolute Gasteiger partial charge is 0.460 e. The van der Waals surface area contributed by atoms with Crippen molar-refractivity contribution in [3.8, 4) is 5.19 Å². The maximum absolute atomic E-state index is 12.9. The number of benzene rings is 3. The predicted octanol–water partition coefficient (Wildman–Crippen LogP) is 5.12. The lowest BCUT2D eigenvalue weighted by Gasteiger charge is -2.06. The summed E-state index contributed by atoms with van der Waals surface area (Å²) >= 11 is 1.45. The second kappa shape index (κ2) is 5.97. The van der Waals surface area contributed by atoms with Gasteiger partial charge < -0.3 is 4.74 Å². The molecule has 3 aromatic carbocycles. The Morgan fingerprint density at radius 1 is 0.885 bits per heavy atom. The third kappa shape index (κ3) is 2.36. The summed E-state index contributed by atoms with van der Waals surface area (Å²) in [6, 6.07) is 23.7. The number of para-hydroxylation sites is 3. The molecule has 5 rings (SSSR count). The predicted molar refractivity (Wildman–Crippen MR) is 105 cm³/mol. The summed E-state index contributed by atoms with van der Waals surface area (Å²) in [5.74, 6) is -0.110. The van der Waals surface area contributed by atoms with Crippen molar-refractivity contribution in [3.63, 3.8) is 0 Å². The van der Waals surface area contributed by atoms with E-state index in [1.54, 1.807) is 4.57 Å². The van der Waals surface area contributed by atoms with Gasteiger partial charge in [-0.1, -0.05) is 59.9 Å². The van der Waals surface area contributed by atoms with Crippen LogP contribution in [0.3, 0.4) is 0 Å². The van der Waals surface area contributed by atoms with E-state index >= 15 is 0 Å². The number of aromatic nitrogens is 2. The molecule has 0 amide bonds. The monoisotopic (exact) mass is 358 g/mol. The highest BCUT2D eigenvalue weighted by Crippen LogP contribution is 2.30. The zero-order valence-electron chi connectivity index (χ0n) is 13.8. The molecule has 4 nitrogen and oxygen atoms in total. The minimum Gasteiger partial charge on any atom is -0.460 e. The first-order valence-corrected chi connectivity index (χ1v) is 9.13. The summed E-state index contributed by atoms with van der Waals surface area (Å²) in [6.45, 7) is -0.0531. The first kappa shape index (κ1) is 15.1. The number of nitrogens with zero attached hydrogens (tertiary/aromatic N) is 2. The van der Waals surface area contributed by atoms with Crippen LogP contribution in [0.5, 0.6) is 5.19 Å². The van der Waals surface area contributed by atoms with Gasteiger partial charge in [-0.2, -0.15) is 0 Å². The number of hydrogen-bond acceptors (Lipinski definition) is 4. The fourth-order valence-electron chi connectivity index (χ4n) is 3.29. The van der Waals surface area contributed by atoms with Crippen LogP contribution in [0.1, 0.15) is 4.79 Å². The Morgan fingerprint density at radius 2 is 1.50 bits per heavy atom. The SMILES string of the molecule is O=C(COc1nc2ccccc2s1)n1c2ccccc2c2ccccc21. The zero-order chi connectivity index (χ0) is 17.5. The van der Waals surface area contributed by atoms with Gasteiger partial charge in [0, 0.05) is 10.8 Å². The number of carbonyl (C=O) groups excluding carboxylic acids is 1. The van der Waals surface area contributed by atoms with E-state index in [-0.39, 0.29) is 12.5 Å². The van der Waals surface area contributed by atoms with E-state index in [0.29, 0.717) is 5.19 Å². The molecule has 0 N–H and O–H groups in total. The fraction of sp³-hybridized carbons (Fsp3) is 0.0476. The van der Waals surface area contributed by atoms with Crippen LogP contribution < -0.4 is 4.74 Å². The van der Waals surface area contributed by atoms with Gasteiger partial charge in [0.25, 0.3) is 11.1 Å². The van der Waals surface area contributed by atoms with Crippen LogP contribution in [0.15, 0.2) is 72.8 Å². The van der Waals surface area contributed by atoms with Crippen molar-refractivity contribution in [1.29, 1.82) is 0 Å². The number of hydrogen-bond donors (Lipinski definition) is 0. The number of fused-ring (bicyclic) bond motifs is 4. The van der Waals surface area contributed by atoms with Gasteiger partial charge in [0.2, 0.25) is 0 Å². The van der Waals surface area contributed by atoms with E-state index in [1.807, 2.05) is 72.8 Å². The van der Waals surface area contributed by atoms with E-state index in [0.717, 1.165) is 32.0 Å². The van der Waals surface area contributed by atoms with Gasteiger partial charge in [-0.05, 0) is 24.3 Å². The third-order valence-corrected chi connectivity index (χ3v) is 5.37. The summed E-state index contributed by atoms with van der Waals surface area (Å²) in [4.78, 5) is 17.4. The molecule has 0 bridgehead atoms. The molecule has 0 unspecified atom stereocenters. The Balaban J connectivity index is 1.51. The number of rotatable bonds is 3. The lowest BCUT2D eigenvalue weighted by atomic mass is 10.2. The van der Waals surface area contributed by atoms with Crippen molar-refractivity contribution < 1.29 is 9.53 Å². The summed E-state index contributed by atoms with van der Waals surface area (Å²) in [7, 11) is 0. The Labute approximate surface area is 153 Å². The maximum atomic E-state index is 12.9. The lowest BCUT2D eigenvalue weighted by molar-refractivity contribution is 0.0848. The molecule has 2 heterocycles. The molecular weight excluding hydrogens is 344 g/mol. The van der Waals surface area contributed by atoms with E-state index < -0.39 is 0 Å². The first-order valence-electron chi connectivity index (χ1n) is 8.31. The van der Waals surface area contributed by atoms with Crippen molar-refractivity contribution in [3.05, 3.63) is 72.8 Å². The normalized spacial score (nSPS) is 11.4. The van der Waals surface area contributed by atoms with Crippen molar-refractivity contribution in [2.45, 2.75) is 0 Å². The molecule has 26 heavy (non-hydrogen) atoms. The van der Waals surface area contributed by atoms with Gasteiger partial charge in [0.1, 0.15) is 0 Å². The van der Waals surface area contributed by atoms with E-state index in [4.69, 9.17) is 4.74 Å². The van der Waals surface area contributed by atoms with Crippen molar-refractivity contribution in [2.24, 2.45) is 0 Å². The third-order valence-electron chi connectivity index (χ3n) is 4.42. The maximum Gasteiger partial charge on any atom is 0.274 e. The number of ether oxygens (including phenoxy) is 1. The Hall–Kier alpha value is -3.18. The van der Waals surface area contributed by atoms with Gasteiger partial charge in [0.15, 0.2) is 6.61 Å². The zero-order valence-corrected chi connectivity index (χ0v) is 14.6. The van der Waals surface area contributed by atoms with Crippen LogP contribution in [0.2, 0.25) is 0 Å². The minimum atomic E-state index is -0.110. The molecule has 0 aliphatic rings. The van der Waals surface area contributed by atoms with E-state index in [2.05, 4.69) is 4.98 Å². The molecule has 0 fully saturated rings. The van der Waals surface area contributed by atoms with Crippen LogP contribution >= 0.6 is 11.3 Å². The smallest absolute Gasteiger partial charge is 0.274 e. The van der Waals surface area contributed by atoms with Crippen LogP contribution in [0, 0.1) is 0 Å². The summed E-state index contributed by atoms with van der Waals surface area (Å²) in [6.07, 6.45) is 0. The molecule has 0 saturated carbocycles. The molecule has 5 aromatic rings. The van der Waals surface area contributed by atoms with E-state index in [9.17, 15) is 4.79 Å². The topological polar surface area (TPSA) is 44.1 Å². The highest BCUT2D eigenvalue weighted by Gasteiger charge is 2.16. The molecule has 5 heteroatoms. The van der Waals surface area contributed by atoms with Gasteiger partial charge in [-0.15, -0.1) is 0 Å². The van der Waals surface area contributed by atoms with Gasteiger partial charge in [-0.3, -0.25) is 9.36 Å². The second-order valence-electron chi connectivity index (χ2n) is 6.00. The number of carbonyl (C=O) groups is 1. The number of thiazole rings is 1. The first-order chi connectivity index (χ1) is 12.8. The molecule has 0 aliphatic heterocycles. The standard InChI is InChI=1S/C21H14N2O2S/c24-20(13-25-21-22-16-9-3-6-12-19(16)26-21)23-17-10-4-1-7-14(17)15-8-2-5-11-18(15)23/h1-12H,13H2.